The normalized spacial score (nSPS) is 11.6. The lowest BCUT2D eigenvalue weighted by Gasteiger charge is -2.11. The Morgan fingerprint density at radius 1 is 1.07 bits per heavy atom. The van der Waals surface area contributed by atoms with Crippen molar-refractivity contribution < 1.29 is 35.9 Å². The highest BCUT2D eigenvalue weighted by molar-refractivity contribution is 7.89. The smallest absolute Gasteiger partial charge is 0.405 e. The molecule has 0 radical (unpaired) electrons. The zero-order chi connectivity index (χ0) is 22.4. The number of carbonyl (C=O) groups excluding carboxylic acids is 2. The summed E-state index contributed by atoms with van der Waals surface area (Å²) in [6.07, 6.45) is -4.57. The molecule has 30 heavy (non-hydrogen) atoms. The van der Waals surface area contributed by atoms with Crippen LogP contribution < -0.4 is 20.3 Å². The summed E-state index contributed by atoms with van der Waals surface area (Å²) in [5.74, 6) is -1.33. The Hall–Kier alpha value is -3.12. The molecule has 0 spiro atoms. The van der Waals surface area contributed by atoms with Crippen LogP contribution in [0.3, 0.4) is 0 Å². The van der Waals surface area contributed by atoms with Crippen LogP contribution in [0.1, 0.15) is 15.9 Å². The molecular formula is C18H18F3N3O5S. The fourth-order valence-corrected chi connectivity index (χ4v) is 3.00. The average Bonchev–Trinajstić information content (AvgIpc) is 2.68. The number of hydrogen-bond acceptors (Lipinski definition) is 5. The fourth-order valence-electron chi connectivity index (χ4n) is 2.14. The molecule has 3 N–H and O–H groups in total. The average molecular weight is 445 g/mol. The van der Waals surface area contributed by atoms with Gasteiger partial charge < -0.3 is 10.1 Å². The first-order valence-corrected chi connectivity index (χ1v) is 9.90. The molecule has 0 fully saturated rings. The predicted molar refractivity (Wildman–Crippen MR) is 100.0 cm³/mol. The van der Waals surface area contributed by atoms with E-state index in [1.54, 1.807) is 23.5 Å². The number of carbonyl (C=O) groups is 2. The van der Waals surface area contributed by atoms with Gasteiger partial charge in [0.25, 0.3) is 21.8 Å². The van der Waals surface area contributed by atoms with E-state index in [-0.39, 0.29) is 10.5 Å². The van der Waals surface area contributed by atoms with Crippen molar-refractivity contribution in [2.75, 3.05) is 13.2 Å². The van der Waals surface area contributed by atoms with E-state index in [1.807, 2.05) is 23.2 Å². The zero-order valence-corrected chi connectivity index (χ0v) is 16.4. The molecule has 162 valence electrons. The largest absolute Gasteiger partial charge is 0.484 e. The Morgan fingerprint density at radius 3 is 2.33 bits per heavy atom. The van der Waals surface area contributed by atoms with Gasteiger partial charge in [-0.25, -0.2) is 8.42 Å². The SMILES string of the molecule is Cc1cccc(OCC(=O)NNS(=O)(=O)c2ccc(C(=O)NCC(F)(F)F)cc2)c1. The minimum atomic E-state index is -4.57. The molecule has 0 heterocycles. The van der Waals surface area contributed by atoms with Gasteiger partial charge in [-0.15, -0.1) is 4.83 Å². The molecule has 0 bridgehead atoms. The number of hydrogen-bond donors (Lipinski definition) is 3. The lowest BCUT2D eigenvalue weighted by molar-refractivity contribution is -0.124. The van der Waals surface area contributed by atoms with Crippen LogP contribution in [-0.4, -0.2) is 39.6 Å². The van der Waals surface area contributed by atoms with Crippen LogP contribution in [0, 0.1) is 6.92 Å². The summed E-state index contributed by atoms with van der Waals surface area (Å²) >= 11 is 0. The maximum Gasteiger partial charge on any atom is 0.405 e. The van der Waals surface area contributed by atoms with Gasteiger partial charge >= 0.3 is 6.18 Å². The van der Waals surface area contributed by atoms with E-state index < -0.39 is 41.2 Å². The molecule has 12 heteroatoms. The van der Waals surface area contributed by atoms with E-state index in [4.69, 9.17) is 4.74 Å². The van der Waals surface area contributed by atoms with Gasteiger partial charge in [0.15, 0.2) is 6.61 Å². The Balaban J connectivity index is 1.88. The topological polar surface area (TPSA) is 114 Å². The van der Waals surface area contributed by atoms with Crippen molar-refractivity contribution in [1.82, 2.24) is 15.6 Å². The minimum absolute atomic E-state index is 0.159. The first-order valence-electron chi connectivity index (χ1n) is 8.41. The quantitative estimate of drug-likeness (QED) is 0.535. The summed E-state index contributed by atoms with van der Waals surface area (Å²) in [4.78, 5) is 24.9. The Bertz CT molecular complexity index is 1010. The van der Waals surface area contributed by atoms with Gasteiger partial charge in [-0.3, -0.25) is 15.0 Å². The highest BCUT2D eigenvalue weighted by Crippen LogP contribution is 2.14. The lowest BCUT2D eigenvalue weighted by atomic mass is 10.2. The third-order valence-corrected chi connectivity index (χ3v) is 4.82. The van der Waals surface area contributed by atoms with E-state index in [0.717, 1.165) is 29.8 Å². The molecule has 8 nitrogen and oxygen atoms in total. The van der Waals surface area contributed by atoms with Crippen molar-refractivity contribution in [3.05, 3.63) is 59.7 Å². The molecule has 0 aliphatic carbocycles. The first kappa shape index (κ1) is 23.2. The monoisotopic (exact) mass is 445 g/mol. The number of ether oxygens (including phenoxy) is 1. The van der Waals surface area contributed by atoms with Gasteiger partial charge in [0.2, 0.25) is 0 Å². The van der Waals surface area contributed by atoms with Gasteiger partial charge in [-0.2, -0.15) is 13.2 Å². The third-order valence-electron chi connectivity index (χ3n) is 3.56. The van der Waals surface area contributed by atoms with Crippen molar-refractivity contribution in [2.45, 2.75) is 18.0 Å². The number of aryl methyl sites for hydroxylation is 1. The van der Waals surface area contributed by atoms with E-state index in [0.29, 0.717) is 5.75 Å². The molecule has 0 saturated carbocycles. The van der Waals surface area contributed by atoms with E-state index in [2.05, 4.69) is 0 Å². The maximum atomic E-state index is 12.2. The number of rotatable bonds is 8. The van der Waals surface area contributed by atoms with Crippen molar-refractivity contribution in [3.8, 4) is 5.75 Å². The van der Waals surface area contributed by atoms with E-state index in [9.17, 15) is 31.2 Å². The summed E-state index contributed by atoms with van der Waals surface area (Å²) in [6.45, 7) is -0.110. The van der Waals surface area contributed by atoms with Gasteiger partial charge in [0.05, 0.1) is 4.90 Å². The fraction of sp³-hybridized carbons (Fsp3) is 0.222. The summed E-state index contributed by atoms with van der Waals surface area (Å²) in [5, 5.41) is 1.67. The molecule has 2 rings (SSSR count). The molecule has 0 saturated heterocycles. The second-order valence-electron chi connectivity index (χ2n) is 6.08. The molecular weight excluding hydrogens is 427 g/mol. The molecule has 2 aromatic rings. The van der Waals surface area contributed by atoms with Crippen LogP contribution in [0.25, 0.3) is 0 Å². The highest BCUT2D eigenvalue weighted by atomic mass is 32.2. The Kier molecular flexibility index (Phi) is 7.40. The number of amides is 2. The maximum absolute atomic E-state index is 12.2. The van der Waals surface area contributed by atoms with Gasteiger partial charge in [-0.1, -0.05) is 12.1 Å². The highest BCUT2D eigenvalue weighted by Gasteiger charge is 2.28. The van der Waals surface area contributed by atoms with Crippen LogP contribution in [-0.2, 0) is 14.8 Å². The number of hydrazine groups is 1. The van der Waals surface area contributed by atoms with Gasteiger partial charge in [-0.05, 0) is 48.9 Å². The van der Waals surface area contributed by atoms with Crippen molar-refractivity contribution in [2.24, 2.45) is 0 Å². The third kappa shape index (κ3) is 7.37. The number of benzene rings is 2. The van der Waals surface area contributed by atoms with Crippen LogP contribution >= 0.6 is 0 Å². The second-order valence-corrected chi connectivity index (χ2v) is 7.76. The predicted octanol–water partition coefficient (Wildman–Crippen LogP) is 1.68. The van der Waals surface area contributed by atoms with Gasteiger partial charge in [0.1, 0.15) is 12.3 Å². The number of halogens is 3. The molecule has 0 aromatic heterocycles. The van der Waals surface area contributed by atoms with Crippen molar-refractivity contribution >= 4 is 21.8 Å². The minimum Gasteiger partial charge on any atom is -0.484 e. The van der Waals surface area contributed by atoms with Crippen LogP contribution in [0.5, 0.6) is 5.75 Å². The summed E-state index contributed by atoms with van der Waals surface area (Å²) in [6, 6.07) is 11.0. The van der Waals surface area contributed by atoms with Crippen LogP contribution in [0.15, 0.2) is 53.4 Å². The van der Waals surface area contributed by atoms with Gasteiger partial charge in [0, 0.05) is 5.56 Å². The summed E-state index contributed by atoms with van der Waals surface area (Å²) in [5.41, 5.74) is 2.74. The van der Waals surface area contributed by atoms with Crippen molar-refractivity contribution in [1.29, 1.82) is 0 Å². The molecule has 0 atom stereocenters. The Labute approximate surface area is 170 Å². The standard InChI is InChI=1S/C18H18F3N3O5S/c1-12-3-2-4-14(9-12)29-10-16(25)23-24-30(27,28)15-7-5-13(6-8-15)17(26)22-11-18(19,20)21/h2-9,24H,10-11H2,1H3,(H,22,26)(H,23,25). The molecule has 0 aliphatic heterocycles. The van der Waals surface area contributed by atoms with Crippen LogP contribution in [0.4, 0.5) is 13.2 Å². The summed E-state index contributed by atoms with van der Waals surface area (Å²) < 4.78 is 66.0. The second kappa shape index (κ2) is 9.59. The van der Waals surface area contributed by atoms with E-state index in [1.165, 1.54) is 0 Å². The molecule has 2 amide bonds. The zero-order valence-electron chi connectivity index (χ0n) is 15.6. The first-order chi connectivity index (χ1) is 14.0. The molecule has 0 unspecified atom stereocenters. The Morgan fingerprint density at radius 2 is 1.73 bits per heavy atom. The lowest BCUT2D eigenvalue weighted by Crippen LogP contribution is -2.43. The van der Waals surface area contributed by atoms with Crippen molar-refractivity contribution in [3.63, 3.8) is 0 Å². The number of sulfonamides is 1. The van der Waals surface area contributed by atoms with Crippen LogP contribution in [0.2, 0.25) is 0 Å². The number of alkyl halides is 3. The van der Waals surface area contributed by atoms with E-state index >= 15 is 0 Å². The number of nitrogens with one attached hydrogen (secondary N) is 3. The molecule has 2 aromatic carbocycles. The summed E-state index contributed by atoms with van der Waals surface area (Å²) in [7, 11) is -4.17. The molecule has 0 aliphatic rings.